The minimum atomic E-state index is 0.750. The van der Waals surface area contributed by atoms with Gasteiger partial charge in [0, 0.05) is 29.4 Å². The van der Waals surface area contributed by atoms with Crippen LogP contribution in [-0.2, 0) is 0 Å². The molecule has 2 heterocycles. The van der Waals surface area contributed by atoms with Gasteiger partial charge >= 0.3 is 0 Å². The summed E-state index contributed by atoms with van der Waals surface area (Å²) in [6.07, 6.45) is 4.38. The first-order chi connectivity index (χ1) is 7.83. The summed E-state index contributed by atoms with van der Waals surface area (Å²) in [5, 5.41) is 1.28. The standard InChI is InChI=1S/C14H16N2/c1-10-2-4-14(16-9-10)11-3-5-13-12(8-11)6-7-15-13/h3,5-8,10,15H,2,4,9H2,1H3. The van der Waals surface area contributed by atoms with E-state index in [1.54, 1.807) is 0 Å². The molecule has 1 atom stereocenters. The molecule has 82 valence electrons. The molecule has 0 fully saturated rings. The molecule has 16 heavy (non-hydrogen) atoms. The van der Waals surface area contributed by atoms with Crippen LogP contribution in [0.15, 0.2) is 35.5 Å². The van der Waals surface area contributed by atoms with Gasteiger partial charge in [0.05, 0.1) is 0 Å². The van der Waals surface area contributed by atoms with Crippen LogP contribution < -0.4 is 0 Å². The fourth-order valence-electron chi connectivity index (χ4n) is 2.29. The number of nitrogens with one attached hydrogen (secondary N) is 1. The number of aromatic amines is 1. The summed E-state index contributed by atoms with van der Waals surface area (Å²) in [4.78, 5) is 7.90. The monoisotopic (exact) mass is 212 g/mol. The number of fused-ring (bicyclic) bond motifs is 1. The minimum absolute atomic E-state index is 0.750. The number of hydrogen-bond donors (Lipinski definition) is 1. The third kappa shape index (κ3) is 1.64. The molecule has 1 aliphatic rings. The lowest BCUT2D eigenvalue weighted by molar-refractivity contribution is 0.538. The predicted molar refractivity (Wildman–Crippen MR) is 68.1 cm³/mol. The van der Waals surface area contributed by atoms with Gasteiger partial charge in [-0.25, -0.2) is 0 Å². The molecule has 0 bridgehead atoms. The second-order valence-corrected chi connectivity index (χ2v) is 4.71. The highest BCUT2D eigenvalue weighted by atomic mass is 14.8. The molecule has 2 aromatic rings. The summed E-state index contributed by atoms with van der Waals surface area (Å²) in [7, 11) is 0. The van der Waals surface area contributed by atoms with Crippen LogP contribution in [0.4, 0.5) is 0 Å². The van der Waals surface area contributed by atoms with Crippen molar-refractivity contribution in [1.29, 1.82) is 0 Å². The fraction of sp³-hybridized carbons (Fsp3) is 0.357. The molecule has 3 rings (SSSR count). The Morgan fingerprint density at radius 3 is 3.06 bits per heavy atom. The van der Waals surface area contributed by atoms with Gasteiger partial charge in [-0.2, -0.15) is 0 Å². The van der Waals surface area contributed by atoms with Crippen molar-refractivity contribution in [2.75, 3.05) is 6.54 Å². The molecule has 1 aliphatic heterocycles. The van der Waals surface area contributed by atoms with Crippen LogP contribution in [0.1, 0.15) is 25.3 Å². The normalized spacial score (nSPS) is 21.1. The number of benzene rings is 1. The largest absolute Gasteiger partial charge is 0.361 e. The van der Waals surface area contributed by atoms with E-state index >= 15 is 0 Å². The summed E-state index contributed by atoms with van der Waals surface area (Å²) in [6.45, 7) is 3.26. The SMILES string of the molecule is CC1CCC(c2ccc3[nH]ccc3c2)=NC1. The van der Waals surface area contributed by atoms with Crippen molar-refractivity contribution in [3.8, 4) is 0 Å². The van der Waals surface area contributed by atoms with Crippen LogP contribution in [0.5, 0.6) is 0 Å². The maximum absolute atomic E-state index is 4.68. The summed E-state index contributed by atoms with van der Waals surface area (Å²) >= 11 is 0. The van der Waals surface area contributed by atoms with Gasteiger partial charge in [-0.05, 0) is 42.5 Å². The quantitative estimate of drug-likeness (QED) is 0.750. The molecule has 0 aliphatic carbocycles. The Morgan fingerprint density at radius 1 is 1.31 bits per heavy atom. The van der Waals surface area contributed by atoms with Gasteiger partial charge in [0.2, 0.25) is 0 Å². The van der Waals surface area contributed by atoms with E-state index < -0.39 is 0 Å². The van der Waals surface area contributed by atoms with Crippen molar-refractivity contribution in [2.24, 2.45) is 10.9 Å². The number of H-pyrrole nitrogens is 1. The lowest BCUT2D eigenvalue weighted by Gasteiger charge is -2.17. The highest BCUT2D eigenvalue weighted by molar-refractivity contribution is 6.03. The Morgan fingerprint density at radius 2 is 2.25 bits per heavy atom. The van der Waals surface area contributed by atoms with Crippen LogP contribution in [0.25, 0.3) is 10.9 Å². The average Bonchev–Trinajstić information content (AvgIpc) is 2.77. The van der Waals surface area contributed by atoms with Crippen molar-refractivity contribution in [2.45, 2.75) is 19.8 Å². The maximum Gasteiger partial charge on any atom is 0.0454 e. The van der Waals surface area contributed by atoms with E-state index in [4.69, 9.17) is 0 Å². The van der Waals surface area contributed by atoms with Crippen LogP contribution in [-0.4, -0.2) is 17.2 Å². The van der Waals surface area contributed by atoms with Gasteiger partial charge < -0.3 is 4.98 Å². The number of nitrogens with zero attached hydrogens (tertiary/aromatic N) is 1. The summed E-state index contributed by atoms with van der Waals surface area (Å²) in [5.74, 6) is 0.750. The van der Waals surface area contributed by atoms with Crippen LogP contribution in [0, 0.1) is 5.92 Å². The zero-order valence-electron chi connectivity index (χ0n) is 9.53. The first kappa shape index (κ1) is 9.64. The summed E-state index contributed by atoms with van der Waals surface area (Å²) in [6, 6.07) is 8.67. The molecule has 2 heteroatoms. The van der Waals surface area contributed by atoms with Crippen LogP contribution in [0.2, 0.25) is 0 Å². The van der Waals surface area contributed by atoms with Gasteiger partial charge in [0.1, 0.15) is 0 Å². The molecule has 0 spiro atoms. The number of aromatic nitrogens is 1. The zero-order chi connectivity index (χ0) is 11.0. The number of hydrogen-bond acceptors (Lipinski definition) is 1. The molecular weight excluding hydrogens is 196 g/mol. The average molecular weight is 212 g/mol. The third-order valence-electron chi connectivity index (χ3n) is 3.35. The van der Waals surface area contributed by atoms with Crippen LogP contribution in [0.3, 0.4) is 0 Å². The van der Waals surface area contributed by atoms with Gasteiger partial charge in [-0.15, -0.1) is 0 Å². The third-order valence-corrected chi connectivity index (χ3v) is 3.35. The van der Waals surface area contributed by atoms with Crippen LogP contribution >= 0.6 is 0 Å². The molecule has 2 nitrogen and oxygen atoms in total. The molecule has 1 aromatic carbocycles. The first-order valence-electron chi connectivity index (χ1n) is 5.94. The molecule has 0 amide bonds. The van der Waals surface area contributed by atoms with Crippen molar-refractivity contribution in [1.82, 2.24) is 4.98 Å². The van der Waals surface area contributed by atoms with Gasteiger partial charge in [-0.3, -0.25) is 4.99 Å². The lowest BCUT2D eigenvalue weighted by atomic mass is 9.95. The topological polar surface area (TPSA) is 28.1 Å². The summed E-state index contributed by atoms with van der Waals surface area (Å²) in [5.41, 5.74) is 3.77. The second-order valence-electron chi connectivity index (χ2n) is 4.71. The van der Waals surface area contributed by atoms with Gasteiger partial charge in [0.25, 0.3) is 0 Å². The Labute approximate surface area is 95.4 Å². The lowest BCUT2D eigenvalue weighted by Crippen LogP contribution is -2.14. The molecular formula is C14H16N2. The Balaban J connectivity index is 1.99. The number of rotatable bonds is 1. The molecule has 0 saturated heterocycles. The first-order valence-corrected chi connectivity index (χ1v) is 5.94. The van der Waals surface area contributed by atoms with E-state index in [1.807, 2.05) is 6.20 Å². The minimum Gasteiger partial charge on any atom is -0.361 e. The van der Waals surface area contributed by atoms with E-state index in [1.165, 1.54) is 28.6 Å². The predicted octanol–water partition coefficient (Wildman–Crippen LogP) is 3.39. The molecule has 1 N–H and O–H groups in total. The molecule has 0 radical (unpaired) electrons. The maximum atomic E-state index is 4.68. The van der Waals surface area contributed by atoms with Gasteiger partial charge in [0.15, 0.2) is 0 Å². The zero-order valence-corrected chi connectivity index (χ0v) is 9.53. The van der Waals surface area contributed by atoms with Crippen molar-refractivity contribution < 1.29 is 0 Å². The van der Waals surface area contributed by atoms with E-state index in [-0.39, 0.29) is 0 Å². The smallest absolute Gasteiger partial charge is 0.0454 e. The van der Waals surface area contributed by atoms with Crippen molar-refractivity contribution in [3.63, 3.8) is 0 Å². The second kappa shape index (κ2) is 3.78. The molecule has 1 unspecified atom stereocenters. The fourth-order valence-corrected chi connectivity index (χ4v) is 2.29. The summed E-state index contributed by atoms with van der Waals surface area (Å²) < 4.78 is 0. The van der Waals surface area contributed by atoms with E-state index in [0.29, 0.717) is 0 Å². The van der Waals surface area contributed by atoms with E-state index in [2.05, 4.69) is 41.2 Å². The van der Waals surface area contributed by atoms with Crippen molar-refractivity contribution in [3.05, 3.63) is 36.0 Å². The van der Waals surface area contributed by atoms with E-state index in [9.17, 15) is 0 Å². The Kier molecular flexibility index (Phi) is 2.28. The number of aliphatic imine (C=N–C) groups is 1. The molecule has 1 aromatic heterocycles. The van der Waals surface area contributed by atoms with Crippen molar-refractivity contribution >= 4 is 16.6 Å². The Bertz CT molecular complexity index is 536. The van der Waals surface area contributed by atoms with Gasteiger partial charge in [-0.1, -0.05) is 13.0 Å². The van der Waals surface area contributed by atoms with E-state index in [0.717, 1.165) is 18.9 Å². The Hall–Kier alpha value is -1.57. The molecule has 0 saturated carbocycles. The highest BCUT2D eigenvalue weighted by Crippen LogP contribution is 2.20. The highest BCUT2D eigenvalue weighted by Gasteiger charge is 2.13.